The van der Waals surface area contributed by atoms with Crippen molar-refractivity contribution in [2.24, 2.45) is 17.8 Å². The number of carbonyl (C=O) groups is 1. The Labute approximate surface area is 161 Å². The predicted octanol–water partition coefficient (Wildman–Crippen LogP) is 4.47. The van der Waals surface area contributed by atoms with Crippen LogP contribution < -0.4 is 5.56 Å². The molecular weight excluding hydrogens is 348 g/mol. The second kappa shape index (κ2) is 10.7. The van der Waals surface area contributed by atoms with E-state index in [1.807, 2.05) is 4.57 Å². The first-order valence-electron chi connectivity index (χ1n) is 9.93. The van der Waals surface area contributed by atoms with Crippen LogP contribution in [0.1, 0.15) is 65.2 Å². The van der Waals surface area contributed by atoms with Gasteiger partial charge in [-0.1, -0.05) is 39.5 Å². The van der Waals surface area contributed by atoms with Crippen LogP contribution in [0.5, 0.6) is 0 Å². The molecule has 146 valence electrons. The van der Waals surface area contributed by atoms with Crippen LogP contribution in [0.15, 0.2) is 17.1 Å². The maximum absolute atomic E-state index is 12.1. The van der Waals surface area contributed by atoms with Crippen molar-refractivity contribution >= 4 is 18.2 Å². The Bertz CT molecular complexity index is 682. The highest BCUT2D eigenvalue weighted by Gasteiger charge is 2.34. The third-order valence-electron chi connectivity index (χ3n) is 5.35. The average molecular weight is 381 g/mol. The molecule has 1 heterocycles. The van der Waals surface area contributed by atoms with Gasteiger partial charge in [-0.25, -0.2) is 0 Å². The predicted molar refractivity (Wildman–Crippen MR) is 106 cm³/mol. The summed E-state index contributed by atoms with van der Waals surface area (Å²) in [5, 5.41) is 0. The first-order valence-corrected chi connectivity index (χ1v) is 10.3. The molecule has 1 aromatic rings. The average Bonchev–Trinajstić information content (AvgIpc) is 2.93. The van der Waals surface area contributed by atoms with Gasteiger partial charge in [0.2, 0.25) is 0 Å². The summed E-state index contributed by atoms with van der Waals surface area (Å²) in [6, 6.07) is 1.50. The van der Waals surface area contributed by atoms with Crippen molar-refractivity contribution in [3.8, 4) is 0 Å². The van der Waals surface area contributed by atoms with Crippen molar-refractivity contribution in [1.29, 1.82) is 0 Å². The number of aromatic amines is 1. The van der Waals surface area contributed by atoms with E-state index >= 15 is 0 Å². The van der Waals surface area contributed by atoms with Crippen molar-refractivity contribution in [3.05, 3.63) is 27.4 Å². The standard InChI is InChI=1S/C20H32N2O3S/c1-15-13-16(2)17(14-15)19(24)25-12-8-6-4-3-5-7-10-22-11-9-18(23)21-20(22)26/h9,11,15-17H,3-8,10,12-14H2,1-2H3,(H,21,23,26). The van der Waals surface area contributed by atoms with Crippen molar-refractivity contribution < 1.29 is 9.53 Å². The number of hydrogen-bond donors (Lipinski definition) is 1. The van der Waals surface area contributed by atoms with Gasteiger partial charge in [0.15, 0.2) is 4.77 Å². The number of H-pyrrole nitrogens is 1. The molecule has 3 atom stereocenters. The Morgan fingerprint density at radius 2 is 1.88 bits per heavy atom. The number of nitrogens with zero attached hydrogens (tertiary/aromatic N) is 1. The molecular formula is C20H32N2O3S. The van der Waals surface area contributed by atoms with Crippen LogP contribution in [-0.2, 0) is 16.1 Å². The van der Waals surface area contributed by atoms with E-state index in [4.69, 9.17) is 17.0 Å². The van der Waals surface area contributed by atoms with E-state index in [1.54, 1.807) is 6.20 Å². The molecule has 0 bridgehead atoms. The number of nitrogens with one attached hydrogen (secondary N) is 1. The van der Waals surface area contributed by atoms with E-state index in [-0.39, 0.29) is 17.4 Å². The van der Waals surface area contributed by atoms with Gasteiger partial charge in [-0.2, -0.15) is 0 Å². The molecule has 1 N–H and O–H groups in total. The second-order valence-electron chi connectivity index (χ2n) is 7.75. The van der Waals surface area contributed by atoms with Crippen LogP contribution >= 0.6 is 12.2 Å². The SMILES string of the molecule is CC1CC(C)C(C(=O)OCCCCCCCCn2ccc(=O)[nH]c2=S)C1. The van der Waals surface area contributed by atoms with Gasteiger partial charge in [-0.3, -0.25) is 14.6 Å². The van der Waals surface area contributed by atoms with Crippen molar-refractivity contribution in [3.63, 3.8) is 0 Å². The Balaban J connectivity index is 1.47. The minimum Gasteiger partial charge on any atom is -0.465 e. The monoisotopic (exact) mass is 380 g/mol. The molecule has 0 aliphatic heterocycles. The van der Waals surface area contributed by atoms with Crippen LogP contribution in [0.2, 0.25) is 0 Å². The molecule has 6 heteroatoms. The molecule has 1 fully saturated rings. The summed E-state index contributed by atoms with van der Waals surface area (Å²) in [7, 11) is 0. The van der Waals surface area contributed by atoms with E-state index in [1.165, 1.54) is 12.5 Å². The number of aromatic nitrogens is 2. The first-order chi connectivity index (χ1) is 12.5. The molecule has 0 aromatic carbocycles. The van der Waals surface area contributed by atoms with Gasteiger partial charge in [-0.15, -0.1) is 0 Å². The lowest BCUT2D eigenvalue weighted by Crippen LogP contribution is -2.20. The smallest absolute Gasteiger partial charge is 0.309 e. The first kappa shape index (κ1) is 20.9. The molecule has 0 spiro atoms. The second-order valence-corrected chi connectivity index (χ2v) is 8.14. The van der Waals surface area contributed by atoms with Crippen LogP contribution in [-0.4, -0.2) is 22.1 Å². The lowest BCUT2D eigenvalue weighted by atomic mass is 9.99. The molecule has 3 unspecified atom stereocenters. The number of ether oxygens (including phenoxy) is 1. The van der Waals surface area contributed by atoms with Crippen LogP contribution in [0.4, 0.5) is 0 Å². The van der Waals surface area contributed by atoms with Gasteiger partial charge in [0, 0.05) is 18.8 Å². The summed E-state index contributed by atoms with van der Waals surface area (Å²) in [5.74, 6) is 1.24. The summed E-state index contributed by atoms with van der Waals surface area (Å²) in [5.41, 5.74) is -0.149. The fraction of sp³-hybridized carbons (Fsp3) is 0.750. The Kier molecular flexibility index (Phi) is 8.55. The van der Waals surface area contributed by atoms with Gasteiger partial charge in [0.1, 0.15) is 0 Å². The van der Waals surface area contributed by atoms with Crippen molar-refractivity contribution in [2.75, 3.05) is 6.61 Å². The van der Waals surface area contributed by atoms with Crippen LogP contribution in [0, 0.1) is 22.5 Å². The minimum absolute atomic E-state index is 0.0134. The minimum atomic E-state index is -0.149. The zero-order valence-corrected chi connectivity index (χ0v) is 16.9. The van der Waals surface area contributed by atoms with Gasteiger partial charge in [0.25, 0.3) is 5.56 Å². The summed E-state index contributed by atoms with van der Waals surface area (Å²) < 4.78 is 7.87. The number of unbranched alkanes of at least 4 members (excludes halogenated alkanes) is 5. The van der Waals surface area contributed by atoms with Crippen molar-refractivity contribution in [2.45, 2.75) is 71.8 Å². The molecule has 0 radical (unpaired) electrons. The number of carbonyl (C=O) groups excluding carboxylic acids is 1. The molecule has 5 nitrogen and oxygen atoms in total. The maximum Gasteiger partial charge on any atom is 0.309 e. The molecule has 1 saturated carbocycles. The third-order valence-corrected chi connectivity index (χ3v) is 5.69. The summed E-state index contributed by atoms with van der Waals surface area (Å²) in [6.07, 6.45) is 10.4. The topological polar surface area (TPSA) is 64.1 Å². The molecule has 0 amide bonds. The van der Waals surface area contributed by atoms with E-state index in [9.17, 15) is 9.59 Å². The molecule has 1 aliphatic carbocycles. The third kappa shape index (κ3) is 6.71. The van der Waals surface area contributed by atoms with E-state index in [0.717, 1.165) is 51.5 Å². The molecule has 1 aliphatic rings. The van der Waals surface area contributed by atoms with Gasteiger partial charge >= 0.3 is 5.97 Å². The van der Waals surface area contributed by atoms with Crippen molar-refractivity contribution in [1.82, 2.24) is 9.55 Å². The highest BCUT2D eigenvalue weighted by Crippen LogP contribution is 2.36. The summed E-state index contributed by atoms with van der Waals surface area (Å²) in [4.78, 5) is 25.9. The van der Waals surface area contributed by atoms with Gasteiger partial charge < -0.3 is 9.30 Å². The number of esters is 1. The fourth-order valence-corrected chi connectivity index (χ4v) is 4.13. The molecule has 1 aromatic heterocycles. The normalized spacial score (nSPS) is 22.5. The van der Waals surface area contributed by atoms with E-state index in [2.05, 4.69) is 18.8 Å². The molecule has 2 rings (SSSR count). The van der Waals surface area contributed by atoms with E-state index < -0.39 is 0 Å². The highest BCUT2D eigenvalue weighted by atomic mass is 32.1. The maximum atomic E-state index is 12.1. The molecule has 0 saturated heterocycles. The number of hydrogen-bond acceptors (Lipinski definition) is 4. The Morgan fingerprint density at radius 1 is 1.19 bits per heavy atom. The zero-order valence-electron chi connectivity index (χ0n) is 16.0. The molecule has 26 heavy (non-hydrogen) atoms. The van der Waals surface area contributed by atoms with Gasteiger partial charge in [-0.05, 0) is 49.7 Å². The van der Waals surface area contributed by atoms with Crippen LogP contribution in [0.25, 0.3) is 0 Å². The fourth-order valence-electron chi connectivity index (χ4n) is 3.88. The number of aryl methyl sites for hydroxylation is 1. The lowest BCUT2D eigenvalue weighted by Gasteiger charge is -2.14. The highest BCUT2D eigenvalue weighted by molar-refractivity contribution is 7.71. The quantitative estimate of drug-likeness (QED) is 0.369. The zero-order chi connectivity index (χ0) is 18.9. The lowest BCUT2D eigenvalue weighted by molar-refractivity contribution is -0.149. The van der Waals surface area contributed by atoms with Gasteiger partial charge in [0.05, 0.1) is 12.5 Å². The largest absolute Gasteiger partial charge is 0.465 e. The Morgan fingerprint density at radius 3 is 2.54 bits per heavy atom. The van der Waals surface area contributed by atoms with E-state index in [0.29, 0.717) is 23.2 Å². The summed E-state index contributed by atoms with van der Waals surface area (Å²) >= 11 is 5.13. The summed E-state index contributed by atoms with van der Waals surface area (Å²) in [6.45, 7) is 5.78. The Hall–Kier alpha value is -1.43. The van der Waals surface area contributed by atoms with Crippen LogP contribution in [0.3, 0.4) is 0 Å². The number of rotatable bonds is 10.